The summed E-state index contributed by atoms with van der Waals surface area (Å²) < 4.78 is 11.5. The maximum Gasteiger partial charge on any atom is 0.287 e. The van der Waals surface area contributed by atoms with Crippen molar-refractivity contribution in [1.82, 2.24) is 5.32 Å². The predicted molar refractivity (Wildman–Crippen MR) is 73.8 cm³/mol. The van der Waals surface area contributed by atoms with E-state index < -0.39 is 0 Å². The van der Waals surface area contributed by atoms with Crippen LogP contribution in [0.5, 0.6) is 0 Å². The summed E-state index contributed by atoms with van der Waals surface area (Å²) >= 11 is 3.39. The lowest BCUT2D eigenvalue weighted by Gasteiger charge is -1.99. The summed E-state index contributed by atoms with van der Waals surface area (Å²) in [4.78, 5) is 12.0. The number of rotatable bonds is 3. The number of halogens is 1. The fourth-order valence-electron chi connectivity index (χ4n) is 1.81. The third-order valence-corrected chi connectivity index (χ3v) is 3.35. The molecule has 0 saturated carbocycles. The monoisotopic (exact) mass is 319 g/mol. The molecule has 0 aliphatic rings. The van der Waals surface area contributed by atoms with Crippen LogP contribution in [0, 0.1) is 0 Å². The second-order valence-corrected chi connectivity index (χ2v) is 4.89. The summed E-state index contributed by atoms with van der Waals surface area (Å²) in [5, 5.41) is 3.63. The van der Waals surface area contributed by atoms with Gasteiger partial charge in [0.2, 0.25) is 0 Å². The number of amides is 1. The van der Waals surface area contributed by atoms with Crippen molar-refractivity contribution in [2.24, 2.45) is 0 Å². The van der Waals surface area contributed by atoms with Crippen LogP contribution in [0.3, 0.4) is 0 Å². The molecule has 3 aromatic rings. The molecule has 0 aliphatic carbocycles. The van der Waals surface area contributed by atoms with E-state index in [0.29, 0.717) is 17.9 Å². The van der Waals surface area contributed by atoms with Crippen LogP contribution >= 0.6 is 15.9 Å². The number of benzene rings is 1. The number of para-hydroxylation sites is 1. The van der Waals surface area contributed by atoms with Gasteiger partial charge in [0.15, 0.2) is 5.76 Å². The van der Waals surface area contributed by atoms with Crippen molar-refractivity contribution in [1.29, 1.82) is 0 Å². The molecule has 19 heavy (non-hydrogen) atoms. The number of carbonyl (C=O) groups is 1. The van der Waals surface area contributed by atoms with E-state index >= 15 is 0 Å². The van der Waals surface area contributed by atoms with Crippen molar-refractivity contribution in [2.45, 2.75) is 6.54 Å². The minimum absolute atomic E-state index is 0.264. The van der Waals surface area contributed by atoms with E-state index in [0.717, 1.165) is 9.86 Å². The van der Waals surface area contributed by atoms with Crippen LogP contribution in [0.4, 0.5) is 0 Å². The van der Waals surface area contributed by atoms with Gasteiger partial charge in [-0.15, -0.1) is 0 Å². The summed E-state index contributed by atoms with van der Waals surface area (Å²) in [6.07, 6.45) is 1.57. The molecule has 5 heteroatoms. The highest BCUT2D eigenvalue weighted by molar-refractivity contribution is 9.10. The molecular weight excluding hydrogens is 310 g/mol. The van der Waals surface area contributed by atoms with Gasteiger partial charge in [0, 0.05) is 5.39 Å². The standard InChI is InChI=1S/C14H10BrNO3/c15-11-5-1-3-9-7-12(19-13(9)11)14(17)16-8-10-4-2-6-18-10/h1-7H,8H2,(H,16,17). The van der Waals surface area contributed by atoms with Crippen molar-refractivity contribution in [3.8, 4) is 0 Å². The van der Waals surface area contributed by atoms with Gasteiger partial charge in [-0.3, -0.25) is 4.79 Å². The first kappa shape index (κ1) is 12.0. The van der Waals surface area contributed by atoms with Crippen molar-refractivity contribution >= 4 is 32.8 Å². The maximum absolute atomic E-state index is 12.0. The molecule has 1 amide bonds. The van der Waals surface area contributed by atoms with Gasteiger partial charge in [0.1, 0.15) is 11.3 Å². The fourth-order valence-corrected chi connectivity index (χ4v) is 2.27. The first-order valence-corrected chi connectivity index (χ1v) is 6.52. The predicted octanol–water partition coefficient (Wildman–Crippen LogP) is 3.72. The van der Waals surface area contributed by atoms with Crippen LogP contribution in [0.1, 0.15) is 16.3 Å². The SMILES string of the molecule is O=C(NCc1ccco1)c1cc2cccc(Br)c2o1. The topological polar surface area (TPSA) is 55.4 Å². The number of furan rings is 2. The molecule has 0 saturated heterocycles. The zero-order valence-electron chi connectivity index (χ0n) is 9.85. The Morgan fingerprint density at radius 1 is 1.26 bits per heavy atom. The number of fused-ring (bicyclic) bond motifs is 1. The largest absolute Gasteiger partial charge is 0.467 e. The molecule has 2 aromatic heterocycles. The molecule has 1 N–H and O–H groups in total. The van der Waals surface area contributed by atoms with Gasteiger partial charge in [0.25, 0.3) is 5.91 Å². The number of hydrogen-bond acceptors (Lipinski definition) is 3. The molecule has 0 aliphatic heterocycles. The Hall–Kier alpha value is -2.01. The first-order chi connectivity index (χ1) is 9.24. The Morgan fingerprint density at radius 2 is 2.16 bits per heavy atom. The minimum Gasteiger partial charge on any atom is -0.467 e. The van der Waals surface area contributed by atoms with Crippen LogP contribution in [0.25, 0.3) is 11.0 Å². The Labute approximate surface area is 117 Å². The van der Waals surface area contributed by atoms with E-state index in [1.54, 1.807) is 24.5 Å². The summed E-state index contributed by atoms with van der Waals surface area (Å²) in [6.45, 7) is 0.337. The van der Waals surface area contributed by atoms with E-state index in [1.807, 2.05) is 18.2 Å². The van der Waals surface area contributed by atoms with Crippen molar-refractivity contribution in [3.05, 3.63) is 58.7 Å². The van der Waals surface area contributed by atoms with Crippen molar-refractivity contribution in [3.63, 3.8) is 0 Å². The van der Waals surface area contributed by atoms with Gasteiger partial charge in [-0.1, -0.05) is 12.1 Å². The zero-order valence-corrected chi connectivity index (χ0v) is 11.4. The summed E-state index contributed by atoms with van der Waals surface area (Å²) in [5.41, 5.74) is 0.672. The number of nitrogens with one attached hydrogen (secondary N) is 1. The molecule has 0 atom stereocenters. The molecule has 2 heterocycles. The molecule has 0 spiro atoms. The Kier molecular flexibility index (Phi) is 3.13. The van der Waals surface area contributed by atoms with E-state index in [1.165, 1.54) is 0 Å². The van der Waals surface area contributed by atoms with E-state index in [4.69, 9.17) is 8.83 Å². The minimum atomic E-state index is -0.264. The Bertz CT molecular complexity index is 715. The third kappa shape index (κ3) is 2.42. The summed E-state index contributed by atoms with van der Waals surface area (Å²) in [6, 6.07) is 11.0. The zero-order chi connectivity index (χ0) is 13.2. The first-order valence-electron chi connectivity index (χ1n) is 5.72. The lowest BCUT2D eigenvalue weighted by molar-refractivity contribution is 0.0922. The van der Waals surface area contributed by atoms with Gasteiger partial charge in [-0.25, -0.2) is 0 Å². The highest BCUT2D eigenvalue weighted by Gasteiger charge is 2.13. The molecule has 0 radical (unpaired) electrons. The lowest BCUT2D eigenvalue weighted by atomic mass is 10.2. The molecule has 3 rings (SSSR count). The molecule has 0 bridgehead atoms. The van der Waals surface area contributed by atoms with Crippen LogP contribution in [-0.2, 0) is 6.54 Å². The number of carbonyl (C=O) groups excluding carboxylic acids is 1. The average molecular weight is 320 g/mol. The Morgan fingerprint density at radius 3 is 2.89 bits per heavy atom. The van der Waals surface area contributed by atoms with Crippen LogP contribution < -0.4 is 5.32 Å². The number of hydrogen-bond donors (Lipinski definition) is 1. The van der Waals surface area contributed by atoms with Crippen LogP contribution in [0.15, 0.2) is 56.0 Å². The van der Waals surface area contributed by atoms with Crippen molar-refractivity contribution in [2.75, 3.05) is 0 Å². The molecule has 1 aromatic carbocycles. The van der Waals surface area contributed by atoms with Gasteiger partial charge >= 0.3 is 0 Å². The van der Waals surface area contributed by atoms with Gasteiger partial charge < -0.3 is 14.2 Å². The normalized spacial score (nSPS) is 10.8. The molecular formula is C14H10BrNO3. The Balaban J connectivity index is 1.80. The highest BCUT2D eigenvalue weighted by atomic mass is 79.9. The van der Waals surface area contributed by atoms with E-state index in [2.05, 4.69) is 21.2 Å². The van der Waals surface area contributed by atoms with E-state index in [-0.39, 0.29) is 11.7 Å². The lowest BCUT2D eigenvalue weighted by Crippen LogP contribution is -2.21. The fraction of sp³-hybridized carbons (Fsp3) is 0.0714. The third-order valence-electron chi connectivity index (χ3n) is 2.72. The second kappa shape index (κ2) is 4.93. The smallest absolute Gasteiger partial charge is 0.287 e. The molecule has 4 nitrogen and oxygen atoms in total. The van der Waals surface area contributed by atoms with Crippen LogP contribution in [0.2, 0.25) is 0 Å². The van der Waals surface area contributed by atoms with Crippen LogP contribution in [-0.4, -0.2) is 5.91 Å². The average Bonchev–Trinajstić information content (AvgIpc) is 3.05. The van der Waals surface area contributed by atoms with Gasteiger partial charge in [0.05, 0.1) is 17.3 Å². The molecule has 0 unspecified atom stereocenters. The van der Waals surface area contributed by atoms with Crippen molar-refractivity contribution < 1.29 is 13.6 Å². The van der Waals surface area contributed by atoms with E-state index in [9.17, 15) is 4.79 Å². The van der Waals surface area contributed by atoms with Gasteiger partial charge in [-0.05, 0) is 40.2 Å². The molecule has 96 valence electrons. The summed E-state index contributed by atoms with van der Waals surface area (Å²) in [7, 11) is 0. The van der Waals surface area contributed by atoms with Gasteiger partial charge in [-0.2, -0.15) is 0 Å². The second-order valence-electron chi connectivity index (χ2n) is 4.03. The maximum atomic E-state index is 12.0. The summed E-state index contributed by atoms with van der Waals surface area (Å²) in [5.74, 6) is 0.721. The molecule has 0 fully saturated rings. The highest BCUT2D eigenvalue weighted by Crippen LogP contribution is 2.26. The quantitative estimate of drug-likeness (QED) is 0.800.